The second kappa shape index (κ2) is 7.63. The predicted molar refractivity (Wildman–Crippen MR) is 79.0 cm³/mol. The Hall–Kier alpha value is -1.56. The minimum atomic E-state index is -1.58. The van der Waals surface area contributed by atoms with E-state index in [0.717, 1.165) is 18.7 Å². The van der Waals surface area contributed by atoms with Crippen molar-refractivity contribution >= 4 is 11.6 Å². The largest absolute Gasteiger partial charge is 0.322 e. The number of amides is 1. The monoisotopic (exact) mass is 314 g/mol. The van der Waals surface area contributed by atoms with E-state index in [4.69, 9.17) is 0 Å². The molecule has 1 aromatic rings. The number of carbonyl (C=O) groups is 1. The summed E-state index contributed by atoms with van der Waals surface area (Å²) in [5.74, 6) is -4.07. The van der Waals surface area contributed by atoms with Gasteiger partial charge in [0, 0.05) is 6.54 Å². The lowest BCUT2D eigenvalue weighted by Crippen LogP contribution is -2.34. The molecule has 0 aliphatic heterocycles. The third-order valence-corrected chi connectivity index (χ3v) is 4.02. The molecule has 0 bridgehead atoms. The van der Waals surface area contributed by atoms with Crippen molar-refractivity contribution in [3.63, 3.8) is 0 Å². The van der Waals surface area contributed by atoms with E-state index < -0.39 is 23.4 Å². The summed E-state index contributed by atoms with van der Waals surface area (Å²) in [5, 5.41) is 2.28. The van der Waals surface area contributed by atoms with Gasteiger partial charge in [-0.15, -0.1) is 0 Å². The lowest BCUT2D eigenvalue weighted by molar-refractivity contribution is -0.117. The van der Waals surface area contributed by atoms with Crippen LogP contribution in [0.2, 0.25) is 0 Å². The van der Waals surface area contributed by atoms with Gasteiger partial charge in [0.2, 0.25) is 5.91 Å². The number of hydrogen-bond donors (Lipinski definition) is 1. The maximum Gasteiger partial charge on any atom is 0.238 e. The van der Waals surface area contributed by atoms with Crippen LogP contribution in [0.5, 0.6) is 0 Å². The van der Waals surface area contributed by atoms with Gasteiger partial charge in [0.05, 0.1) is 12.2 Å². The van der Waals surface area contributed by atoms with Gasteiger partial charge in [-0.1, -0.05) is 19.3 Å². The van der Waals surface area contributed by atoms with Gasteiger partial charge in [-0.3, -0.25) is 9.69 Å². The Balaban J connectivity index is 1.85. The van der Waals surface area contributed by atoms with Gasteiger partial charge in [-0.2, -0.15) is 0 Å². The zero-order chi connectivity index (χ0) is 16.1. The van der Waals surface area contributed by atoms with Crippen LogP contribution in [0.1, 0.15) is 32.1 Å². The Bertz CT molecular complexity index is 530. The van der Waals surface area contributed by atoms with E-state index in [0.29, 0.717) is 5.92 Å². The highest BCUT2D eigenvalue weighted by Crippen LogP contribution is 2.24. The molecular formula is C16H21F3N2O. The first kappa shape index (κ1) is 16.8. The summed E-state index contributed by atoms with van der Waals surface area (Å²) in [4.78, 5) is 13.8. The summed E-state index contributed by atoms with van der Waals surface area (Å²) < 4.78 is 39.4. The van der Waals surface area contributed by atoms with Gasteiger partial charge in [0.1, 0.15) is 0 Å². The molecule has 0 unspecified atom stereocenters. The molecule has 1 saturated carbocycles. The Morgan fingerprint density at radius 2 is 1.86 bits per heavy atom. The summed E-state index contributed by atoms with van der Waals surface area (Å²) in [5.41, 5.74) is -0.338. The molecule has 1 amide bonds. The number of halogens is 3. The summed E-state index contributed by atoms with van der Waals surface area (Å²) in [6.45, 7) is 0.905. The van der Waals surface area contributed by atoms with E-state index in [1.54, 1.807) is 0 Å². The molecule has 3 nitrogen and oxygen atoms in total. The number of hydrogen-bond acceptors (Lipinski definition) is 2. The number of rotatable bonds is 5. The van der Waals surface area contributed by atoms with Crippen LogP contribution in [0.4, 0.5) is 18.9 Å². The first-order valence-electron chi connectivity index (χ1n) is 7.59. The van der Waals surface area contributed by atoms with Crippen LogP contribution in [0, 0.1) is 23.4 Å². The standard InChI is InChI=1S/C16H21F3N2O/c1-21(9-11-5-3-2-4-6-11)10-14(22)20-13-8-7-12(17)15(18)16(13)19/h7-8,11H,2-6,9-10H2,1H3,(H,20,22). The molecule has 0 heterocycles. The third-order valence-electron chi connectivity index (χ3n) is 4.02. The summed E-state index contributed by atoms with van der Waals surface area (Å²) >= 11 is 0. The molecule has 122 valence electrons. The lowest BCUT2D eigenvalue weighted by Gasteiger charge is -2.26. The van der Waals surface area contributed by atoms with Crippen molar-refractivity contribution in [3.8, 4) is 0 Å². The van der Waals surface area contributed by atoms with Crippen molar-refractivity contribution in [3.05, 3.63) is 29.6 Å². The van der Waals surface area contributed by atoms with E-state index in [9.17, 15) is 18.0 Å². The van der Waals surface area contributed by atoms with Crippen LogP contribution in [-0.2, 0) is 4.79 Å². The average Bonchev–Trinajstić information content (AvgIpc) is 2.49. The van der Waals surface area contributed by atoms with E-state index in [1.807, 2.05) is 11.9 Å². The smallest absolute Gasteiger partial charge is 0.238 e. The fraction of sp³-hybridized carbons (Fsp3) is 0.562. The van der Waals surface area contributed by atoms with Gasteiger partial charge in [-0.05, 0) is 37.9 Å². The minimum Gasteiger partial charge on any atom is -0.322 e. The summed E-state index contributed by atoms with van der Waals surface area (Å²) in [6, 6.07) is 1.81. The fourth-order valence-electron chi connectivity index (χ4n) is 2.93. The van der Waals surface area contributed by atoms with Crippen LogP contribution in [0.15, 0.2) is 12.1 Å². The topological polar surface area (TPSA) is 32.3 Å². The van der Waals surface area contributed by atoms with Crippen LogP contribution in [0.25, 0.3) is 0 Å². The van der Waals surface area contributed by atoms with Crippen molar-refractivity contribution in [1.82, 2.24) is 4.90 Å². The highest BCUT2D eigenvalue weighted by Gasteiger charge is 2.18. The maximum absolute atomic E-state index is 13.5. The molecule has 0 aromatic heterocycles. The number of anilines is 1. The van der Waals surface area contributed by atoms with E-state index in [-0.39, 0.29) is 12.2 Å². The number of nitrogens with one attached hydrogen (secondary N) is 1. The second-order valence-electron chi connectivity index (χ2n) is 5.97. The van der Waals surface area contributed by atoms with Crippen LogP contribution >= 0.6 is 0 Å². The number of benzene rings is 1. The molecule has 1 aliphatic rings. The number of likely N-dealkylation sites (N-methyl/N-ethyl adjacent to an activating group) is 1. The minimum absolute atomic E-state index is 0.0922. The van der Waals surface area contributed by atoms with Gasteiger partial charge in [0.25, 0.3) is 0 Å². The fourth-order valence-corrected chi connectivity index (χ4v) is 2.93. The van der Waals surface area contributed by atoms with Gasteiger partial charge in [-0.25, -0.2) is 13.2 Å². The molecule has 6 heteroatoms. The third kappa shape index (κ3) is 4.47. The molecule has 0 spiro atoms. The average molecular weight is 314 g/mol. The van der Waals surface area contributed by atoms with E-state index in [2.05, 4.69) is 5.32 Å². The molecule has 1 fully saturated rings. The zero-order valence-electron chi connectivity index (χ0n) is 12.7. The maximum atomic E-state index is 13.5. The molecule has 0 saturated heterocycles. The Morgan fingerprint density at radius 1 is 1.18 bits per heavy atom. The normalized spacial score (nSPS) is 16.0. The van der Waals surface area contributed by atoms with Crippen molar-refractivity contribution in [1.29, 1.82) is 0 Å². The Morgan fingerprint density at radius 3 is 2.55 bits per heavy atom. The molecule has 1 N–H and O–H groups in total. The van der Waals surface area contributed by atoms with Crippen molar-refractivity contribution in [2.24, 2.45) is 5.92 Å². The molecular weight excluding hydrogens is 293 g/mol. The zero-order valence-corrected chi connectivity index (χ0v) is 12.7. The summed E-state index contributed by atoms with van der Waals surface area (Å²) in [6.07, 6.45) is 6.07. The van der Waals surface area contributed by atoms with E-state index >= 15 is 0 Å². The Kier molecular flexibility index (Phi) is 5.83. The predicted octanol–water partition coefficient (Wildman–Crippen LogP) is 3.55. The van der Waals surface area contributed by atoms with Gasteiger partial charge < -0.3 is 5.32 Å². The SMILES string of the molecule is CN(CC(=O)Nc1ccc(F)c(F)c1F)CC1CCCCC1. The molecule has 1 aliphatic carbocycles. The highest BCUT2D eigenvalue weighted by molar-refractivity contribution is 5.92. The molecule has 2 rings (SSSR count). The lowest BCUT2D eigenvalue weighted by atomic mass is 9.89. The number of nitrogens with zero attached hydrogens (tertiary/aromatic N) is 1. The highest BCUT2D eigenvalue weighted by atomic mass is 19.2. The molecule has 0 radical (unpaired) electrons. The summed E-state index contributed by atoms with van der Waals surface area (Å²) in [7, 11) is 1.83. The van der Waals surface area contributed by atoms with Gasteiger partial charge >= 0.3 is 0 Å². The van der Waals surface area contributed by atoms with Crippen LogP contribution in [0.3, 0.4) is 0 Å². The van der Waals surface area contributed by atoms with Crippen LogP contribution < -0.4 is 5.32 Å². The van der Waals surface area contributed by atoms with E-state index in [1.165, 1.54) is 32.1 Å². The number of carbonyl (C=O) groups excluding carboxylic acids is 1. The van der Waals surface area contributed by atoms with Crippen molar-refractivity contribution in [2.75, 3.05) is 25.5 Å². The van der Waals surface area contributed by atoms with Crippen molar-refractivity contribution in [2.45, 2.75) is 32.1 Å². The first-order chi connectivity index (χ1) is 10.5. The molecule has 0 atom stereocenters. The first-order valence-corrected chi connectivity index (χ1v) is 7.59. The quantitative estimate of drug-likeness (QED) is 0.843. The molecule has 1 aromatic carbocycles. The van der Waals surface area contributed by atoms with Gasteiger partial charge in [0.15, 0.2) is 17.5 Å². The van der Waals surface area contributed by atoms with Crippen molar-refractivity contribution < 1.29 is 18.0 Å². The second-order valence-corrected chi connectivity index (χ2v) is 5.97. The molecule has 22 heavy (non-hydrogen) atoms. The Labute approximate surface area is 128 Å². The van der Waals surface area contributed by atoms with Crippen LogP contribution in [-0.4, -0.2) is 30.9 Å².